The Bertz CT molecular complexity index is 1010. The summed E-state index contributed by atoms with van der Waals surface area (Å²) in [7, 11) is 0. The SMILES string of the molecule is Cc1cc(C(=O)COc2ccc(C(N)=O)cc2)c(C)n1Cc1ccc(F)cc1. The van der Waals surface area contributed by atoms with E-state index in [0.29, 0.717) is 23.4 Å². The lowest BCUT2D eigenvalue weighted by atomic mass is 10.1. The van der Waals surface area contributed by atoms with E-state index in [2.05, 4.69) is 0 Å². The van der Waals surface area contributed by atoms with E-state index in [1.807, 2.05) is 24.5 Å². The molecular weight excluding hydrogens is 359 g/mol. The number of aromatic nitrogens is 1. The predicted octanol–water partition coefficient (Wildman–Crippen LogP) is 3.65. The molecule has 3 rings (SSSR count). The van der Waals surface area contributed by atoms with Crippen molar-refractivity contribution in [3.63, 3.8) is 0 Å². The molecule has 1 amide bonds. The van der Waals surface area contributed by atoms with Gasteiger partial charge < -0.3 is 15.0 Å². The van der Waals surface area contributed by atoms with Crippen LogP contribution in [-0.2, 0) is 6.54 Å². The second kappa shape index (κ2) is 8.08. The summed E-state index contributed by atoms with van der Waals surface area (Å²) in [5.74, 6) is -0.450. The molecule has 0 unspecified atom stereocenters. The van der Waals surface area contributed by atoms with Crippen LogP contribution < -0.4 is 10.5 Å². The highest BCUT2D eigenvalue weighted by atomic mass is 19.1. The van der Waals surface area contributed by atoms with Crippen molar-refractivity contribution in [2.24, 2.45) is 5.73 Å². The maximum absolute atomic E-state index is 13.1. The van der Waals surface area contributed by atoms with Gasteiger partial charge in [0.2, 0.25) is 11.7 Å². The molecule has 0 saturated heterocycles. The smallest absolute Gasteiger partial charge is 0.248 e. The Morgan fingerprint density at radius 3 is 2.29 bits per heavy atom. The molecule has 0 fully saturated rings. The van der Waals surface area contributed by atoms with Crippen molar-refractivity contribution >= 4 is 11.7 Å². The first kappa shape index (κ1) is 19.4. The van der Waals surface area contributed by atoms with E-state index in [-0.39, 0.29) is 18.2 Å². The number of amides is 1. The lowest BCUT2D eigenvalue weighted by Gasteiger charge is -2.10. The minimum Gasteiger partial charge on any atom is -0.485 e. The molecule has 28 heavy (non-hydrogen) atoms. The van der Waals surface area contributed by atoms with Crippen LogP contribution in [0.1, 0.15) is 37.7 Å². The molecule has 2 N–H and O–H groups in total. The molecule has 0 atom stereocenters. The third-order valence-corrected chi connectivity index (χ3v) is 4.64. The molecule has 0 aliphatic carbocycles. The summed E-state index contributed by atoms with van der Waals surface area (Å²) >= 11 is 0. The van der Waals surface area contributed by atoms with Crippen LogP contribution in [0.15, 0.2) is 54.6 Å². The standard InChI is InChI=1S/C22H21FN2O3/c1-14-11-20(15(2)25(14)12-16-3-7-18(23)8-4-16)21(26)13-28-19-9-5-17(6-10-19)22(24)27/h3-11H,12-13H2,1-2H3,(H2,24,27). The molecule has 0 bridgehead atoms. The van der Waals surface area contributed by atoms with Crippen LogP contribution in [0.4, 0.5) is 4.39 Å². The Morgan fingerprint density at radius 2 is 1.68 bits per heavy atom. The van der Waals surface area contributed by atoms with Gasteiger partial charge in [-0.25, -0.2) is 4.39 Å². The number of ether oxygens (including phenoxy) is 1. The average Bonchev–Trinajstić information content (AvgIpc) is 2.96. The van der Waals surface area contributed by atoms with Gasteiger partial charge in [0.05, 0.1) is 0 Å². The number of aryl methyl sites for hydroxylation is 1. The van der Waals surface area contributed by atoms with Crippen LogP contribution >= 0.6 is 0 Å². The monoisotopic (exact) mass is 380 g/mol. The van der Waals surface area contributed by atoms with Crippen LogP contribution in [0.2, 0.25) is 0 Å². The van der Waals surface area contributed by atoms with Crippen molar-refractivity contribution in [2.45, 2.75) is 20.4 Å². The fourth-order valence-corrected chi connectivity index (χ4v) is 3.04. The van der Waals surface area contributed by atoms with E-state index in [0.717, 1.165) is 17.0 Å². The number of Topliss-reactive ketones (excluding diaryl/α,β-unsaturated/α-hetero) is 1. The van der Waals surface area contributed by atoms with Crippen LogP contribution in [-0.4, -0.2) is 22.9 Å². The van der Waals surface area contributed by atoms with Crippen LogP contribution in [0.25, 0.3) is 0 Å². The zero-order chi connectivity index (χ0) is 20.3. The molecular formula is C22H21FN2O3. The lowest BCUT2D eigenvalue weighted by molar-refractivity contribution is 0.0919. The molecule has 1 heterocycles. The number of hydrogen-bond acceptors (Lipinski definition) is 3. The number of carbonyl (C=O) groups excluding carboxylic acids is 2. The molecule has 5 nitrogen and oxygen atoms in total. The maximum atomic E-state index is 13.1. The normalized spacial score (nSPS) is 10.7. The first-order valence-electron chi connectivity index (χ1n) is 8.82. The molecule has 6 heteroatoms. The van der Waals surface area contributed by atoms with Gasteiger partial charge in [0, 0.05) is 29.1 Å². The third kappa shape index (κ3) is 4.28. The fourth-order valence-electron chi connectivity index (χ4n) is 3.04. The van der Waals surface area contributed by atoms with E-state index in [9.17, 15) is 14.0 Å². The van der Waals surface area contributed by atoms with Crippen molar-refractivity contribution in [3.8, 4) is 5.75 Å². The van der Waals surface area contributed by atoms with Gasteiger partial charge >= 0.3 is 0 Å². The van der Waals surface area contributed by atoms with E-state index in [1.165, 1.54) is 12.1 Å². The van der Waals surface area contributed by atoms with Gasteiger partial charge in [0.1, 0.15) is 11.6 Å². The highest BCUT2D eigenvalue weighted by Gasteiger charge is 2.16. The van der Waals surface area contributed by atoms with E-state index in [4.69, 9.17) is 10.5 Å². The Morgan fingerprint density at radius 1 is 1.04 bits per heavy atom. The minimum atomic E-state index is -0.517. The van der Waals surface area contributed by atoms with Gasteiger partial charge in [-0.2, -0.15) is 0 Å². The molecule has 2 aromatic carbocycles. The van der Waals surface area contributed by atoms with Gasteiger partial charge in [-0.1, -0.05) is 12.1 Å². The Kier molecular flexibility index (Phi) is 5.59. The van der Waals surface area contributed by atoms with Gasteiger partial charge in [-0.05, 0) is 61.9 Å². The molecule has 0 aliphatic rings. The van der Waals surface area contributed by atoms with E-state index >= 15 is 0 Å². The zero-order valence-electron chi connectivity index (χ0n) is 15.7. The maximum Gasteiger partial charge on any atom is 0.248 e. The topological polar surface area (TPSA) is 74.3 Å². The summed E-state index contributed by atoms with van der Waals surface area (Å²) < 4.78 is 20.6. The second-order valence-corrected chi connectivity index (χ2v) is 6.60. The van der Waals surface area contributed by atoms with Gasteiger partial charge in [0.15, 0.2) is 6.61 Å². The number of nitrogens with two attached hydrogens (primary N) is 1. The number of carbonyl (C=O) groups is 2. The lowest BCUT2D eigenvalue weighted by Crippen LogP contribution is -2.14. The quantitative estimate of drug-likeness (QED) is 0.636. The molecule has 0 spiro atoms. The Balaban J connectivity index is 1.70. The molecule has 0 saturated carbocycles. The fraction of sp³-hybridized carbons (Fsp3) is 0.182. The number of ketones is 1. The number of hydrogen-bond donors (Lipinski definition) is 1. The van der Waals surface area contributed by atoms with Crippen molar-refractivity contribution in [1.29, 1.82) is 0 Å². The first-order chi connectivity index (χ1) is 13.3. The third-order valence-electron chi connectivity index (χ3n) is 4.64. The number of halogens is 1. The summed E-state index contributed by atoms with van der Waals surface area (Å²) in [6.07, 6.45) is 0. The number of rotatable bonds is 7. The van der Waals surface area contributed by atoms with Crippen LogP contribution in [0.5, 0.6) is 5.75 Å². The van der Waals surface area contributed by atoms with Crippen molar-refractivity contribution in [2.75, 3.05) is 6.61 Å². The summed E-state index contributed by atoms with van der Waals surface area (Å²) in [6.45, 7) is 4.25. The second-order valence-electron chi connectivity index (χ2n) is 6.60. The van der Waals surface area contributed by atoms with Gasteiger partial charge in [-0.3, -0.25) is 9.59 Å². The largest absolute Gasteiger partial charge is 0.485 e. The van der Waals surface area contributed by atoms with E-state index < -0.39 is 5.91 Å². The highest BCUT2D eigenvalue weighted by Crippen LogP contribution is 2.19. The zero-order valence-corrected chi connectivity index (χ0v) is 15.7. The minimum absolute atomic E-state index is 0.114. The number of benzene rings is 2. The summed E-state index contributed by atoms with van der Waals surface area (Å²) in [5, 5.41) is 0. The molecule has 0 radical (unpaired) electrons. The Labute approximate surface area is 162 Å². The molecule has 3 aromatic rings. The first-order valence-corrected chi connectivity index (χ1v) is 8.82. The average molecular weight is 380 g/mol. The van der Waals surface area contributed by atoms with Crippen LogP contribution in [0, 0.1) is 19.7 Å². The van der Waals surface area contributed by atoms with Gasteiger partial charge in [-0.15, -0.1) is 0 Å². The summed E-state index contributed by atoms with van der Waals surface area (Å²) in [5.41, 5.74) is 8.90. The predicted molar refractivity (Wildman–Crippen MR) is 104 cm³/mol. The van der Waals surface area contributed by atoms with Crippen molar-refractivity contribution < 1.29 is 18.7 Å². The summed E-state index contributed by atoms with van der Waals surface area (Å²) in [4.78, 5) is 23.7. The molecule has 144 valence electrons. The molecule has 0 aliphatic heterocycles. The van der Waals surface area contributed by atoms with Crippen molar-refractivity contribution in [3.05, 3.63) is 88.5 Å². The molecule has 1 aromatic heterocycles. The van der Waals surface area contributed by atoms with Crippen molar-refractivity contribution in [1.82, 2.24) is 4.57 Å². The number of nitrogens with zero attached hydrogens (tertiary/aromatic N) is 1. The van der Waals surface area contributed by atoms with Crippen LogP contribution in [0.3, 0.4) is 0 Å². The highest BCUT2D eigenvalue weighted by molar-refractivity contribution is 5.98. The van der Waals surface area contributed by atoms with Gasteiger partial charge in [0.25, 0.3) is 0 Å². The Hall–Kier alpha value is -3.41. The summed E-state index contributed by atoms with van der Waals surface area (Å²) in [6, 6.07) is 14.5. The van der Waals surface area contributed by atoms with E-state index in [1.54, 1.807) is 36.4 Å². The number of primary amides is 1.